The fraction of sp³-hybridized carbons (Fsp3) is 0.0909. The Bertz CT molecular complexity index is 1180. The van der Waals surface area contributed by atoms with Gasteiger partial charge in [0.25, 0.3) is 5.91 Å². The Morgan fingerprint density at radius 2 is 2.14 bits per heavy atom. The number of aromatic nitrogens is 2. The standard InChI is InChI=1S/C22H18IN3O3/c1-28-21-17(22(27)24-13-16-6-3-11-29-16)8-10-19-20(21)18(25-26-19)9-7-14-4-2-5-15(23)12-14/h2-12H,13H2,1H3,(H,24,27)(H,25,26)/b9-7+. The van der Waals surface area contributed by atoms with E-state index in [0.29, 0.717) is 23.6 Å². The molecule has 2 aromatic heterocycles. The third-order valence-corrected chi connectivity index (χ3v) is 5.12. The van der Waals surface area contributed by atoms with E-state index in [0.717, 1.165) is 25.7 Å². The number of nitrogens with zero attached hydrogens (tertiary/aromatic N) is 1. The first-order chi connectivity index (χ1) is 14.2. The number of halogens is 1. The molecule has 0 spiro atoms. The van der Waals surface area contributed by atoms with Crippen molar-refractivity contribution in [3.05, 3.63) is 80.9 Å². The van der Waals surface area contributed by atoms with E-state index in [1.807, 2.05) is 36.4 Å². The topological polar surface area (TPSA) is 80.2 Å². The SMILES string of the molecule is COc1c(C(=O)NCc2ccco2)ccc2n[nH]c(/C=C/c3cccc(I)c3)c12. The van der Waals surface area contributed by atoms with Crippen LogP contribution in [-0.2, 0) is 6.54 Å². The van der Waals surface area contributed by atoms with Crippen LogP contribution in [0.3, 0.4) is 0 Å². The predicted molar refractivity (Wildman–Crippen MR) is 121 cm³/mol. The fourth-order valence-corrected chi connectivity index (χ4v) is 3.65. The van der Waals surface area contributed by atoms with E-state index in [2.05, 4.69) is 44.2 Å². The second-order valence-corrected chi connectivity index (χ2v) is 7.57. The minimum Gasteiger partial charge on any atom is -0.495 e. The number of furan rings is 1. The highest BCUT2D eigenvalue weighted by Gasteiger charge is 2.19. The summed E-state index contributed by atoms with van der Waals surface area (Å²) in [5.74, 6) is 0.923. The van der Waals surface area contributed by atoms with E-state index in [1.165, 1.54) is 0 Å². The third kappa shape index (κ3) is 4.19. The van der Waals surface area contributed by atoms with Gasteiger partial charge in [0.05, 0.1) is 42.1 Å². The van der Waals surface area contributed by atoms with Gasteiger partial charge < -0.3 is 14.5 Å². The van der Waals surface area contributed by atoms with E-state index < -0.39 is 0 Å². The summed E-state index contributed by atoms with van der Waals surface area (Å²) >= 11 is 2.28. The van der Waals surface area contributed by atoms with E-state index in [9.17, 15) is 4.79 Å². The highest BCUT2D eigenvalue weighted by atomic mass is 127. The number of nitrogens with one attached hydrogen (secondary N) is 2. The number of ether oxygens (including phenoxy) is 1. The monoisotopic (exact) mass is 499 g/mol. The molecule has 7 heteroatoms. The van der Waals surface area contributed by atoms with Crippen LogP contribution in [0.1, 0.15) is 27.4 Å². The molecule has 0 aliphatic rings. The predicted octanol–water partition coefficient (Wildman–Crippen LogP) is 4.87. The number of aromatic amines is 1. The van der Waals surface area contributed by atoms with E-state index in [4.69, 9.17) is 9.15 Å². The lowest BCUT2D eigenvalue weighted by atomic mass is 10.1. The molecule has 4 aromatic rings. The Labute approximate surface area is 181 Å². The first-order valence-electron chi connectivity index (χ1n) is 8.95. The highest BCUT2D eigenvalue weighted by Crippen LogP contribution is 2.32. The molecule has 0 aliphatic heterocycles. The van der Waals surface area contributed by atoms with E-state index in [1.54, 1.807) is 31.6 Å². The Morgan fingerprint density at radius 3 is 2.90 bits per heavy atom. The van der Waals surface area contributed by atoms with Crippen LogP contribution in [0.4, 0.5) is 0 Å². The second kappa shape index (κ2) is 8.52. The smallest absolute Gasteiger partial charge is 0.255 e. The van der Waals surface area contributed by atoms with Gasteiger partial charge >= 0.3 is 0 Å². The molecule has 0 unspecified atom stereocenters. The van der Waals surface area contributed by atoms with Crippen molar-refractivity contribution in [2.24, 2.45) is 0 Å². The number of fused-ring (bicyclic) bond motifs is 1. The molecular weight excluding hydrogens is 481 g/mol. The van der Waals surface area contributed by atoms with Crippen LogP contribution < -0.4 is 10.1 Å². The Kier molecular flexibility index (Phi) is 5.66. The molecule has 0 bridgehead atoms. The van der Waals surface area contributed by atoms with Gasteiger partial charge in [-0.25, -0.2) is 0 Å². The average molecular weight is 499 g/mol. The zero-order valence-electron chi connectivity index (χ0n) is 15.6. The molecule has 0 atom stereocenters. The molecule has 0 fully saturated rings. The number of benzene rings is 2. The zero-order chi connectivity index (χ0) is 20.2. The maximum atomic E-state index is 12.7. The molecule has 2 N–H and O–H groups in total. The van der Waals surface area contributed by atoms with Gasteiger partial charge in [0.15, 0.2) is 0 Å². The van der Waals surface area contributed by atoms with E-state index >= 15 is 0 Å². The number of carbonyl (C=O) groups is 1. The van der Waals surface area contributed by atoms with Crippen molar-refractivity contribution >= 4 is 51.6 Å². The van der Waals surface area contributed by atoms with Crippen molar-refractivity contribution in [3.8, 4) is 5.75 Å². The van der Waals surface area contributed by atoms with Crippen molar-refractivity contribution in [2.45, 2.75) is 6.54 Å². The van der Waals surface area contributed by atoms with E-state index in [-0.39, 0.29) is 5.91 Å². The average Bonchev–Trinajstić information content (AvgIpc) is 3.39. The van der Waals surface area contributed by atoms with Gasteiger partial charge in [-0.15, -0.1) is 0 Å². The summed E-state index contributed by atoms with van der Waals surface area (Å²) in [6, 6.07) is 15.3. The lowest BCUT2D eigenvalue weighted by molar-refractivity contribution is 0.0945. The molecule has 2 heterocycles. The lowest BCUT2D eigenvalue weighted by Gasteiger charge is -2.10. The number of H-pyrrole nitrogens is 1. The van der Waals surface area contributed by atoms with Gasteiger partial charge in [-0.3, -0.25) is 9.89 Å². The van der Waals surface area contributed by atoms with Crippen molar-refractivity contribution in [2.75, 3.05) is 7.11 Å². The molecular formula is C22H18IN3O3. The number of amides is 1. The molecule has 0 radical (unpaired) electrons. The molecule has 1 amide bonds. The minimum absolute atomic E-state index is 0.242. The van der Waals surface area contributed by atoms with Crippen LogP contribution in [0.15, 0.2) is 59.2 Å². The number of rotatable bonds is 6. The van der Waals surface area contributed by atoms with Crippen LogP contribution in [0.2, 0.25) is 0 Å². The van der Waals surface area contributed by atoms with Gasteiger partial charge in [0.1, 0.15) is 11.5 Å². The number of carbonyl (C=O) groups excluding carboxylic acids is 1. The lowest BCUT2D eigenvalue weighted by Crippen LogP contribution is -2.23. The summed E-state index contributed by atoms with van der Waals surface area (Å²) in [4.78, 5) is 12.7. The molecule has 0 saturated carbocycles. The van der Waals surface area contributed by atoms with Crippen LogP contribution >= 0.6 is 22.6 Å². The first-order valence-corrected chi connectivity index (χ1v) is 10.0. The summed E-state index contributed by atoms with van der Waals surface area (Å²) in [6.45, 7) is 0.303. The molecule has 0 aliphatic carbocycles. The van der Waals surface area contributed by atoms with Crippen LogP contribution in [-0.4, -0.2) is 23.2 Å². The molecule has 146 valence electrons. The third-order valence-electron chi connectivity index (χ3n) is 4.44. The number of hydrogen-bond donors (Lipinski definition) is 2. The van der Waals surface area contributed by atoms with Gasteiger partial charge in [-0.05, 0) is 70.6 Å². The summed E-state index contributed by atoms with van der Waals surface area (Å²) < 4.78 is 12.0. The molecule has 4 rings (SSSR count). The maximum Gasteiger partial charge on any atom is 0.255 e. The second-order valence-electron chi connectivity index (χ2n) is 6.33. The summed E-state index contributed by atoms with van der Waals surface area (Å²) in [7, 11) is 1.55. The molecule has 29 heavy (non-hydrogen) atoms. The quantitative estimate of drug-likeness (QED) is 0.371. The highest BCUT2D eigenvalue weighted by molar-refractivity contribution is 14.1. The number of hydrogen-bond acceptors (Lipinski definition) is 4. The van der Waals surface area contributed by atoms with Gasteiger partial charge in [-0.2, -0.15) is 5.10 Å². The van der Waals surface area contributed by atoms with Crippen LogP contribution in [0.25, 0.3) is 23.1 Å². The van der Waals surface area contributed by atoms with Crippen molar-refractivity contribution < 1.29 is 13.9 Å². The summed E-state index contributed by atoms with van der Waals surface area (Å²) in [6.07, 6.45) is 5.51. The Morgan fingerprint density at radius 1 is 1.24 bits per heavy atom. The number of methoxy groups -OCH3 is 1. The van der Waals surface area contributed by atoms with Gasteiger partial charge in [0, 0.05) is 3.57 Å². The van der Waals surface area contributed by atoms with Crippen LogP contribution in [0, 0.1) is 3.57 Å². The molecule has 2 aromatic carbocycles. The minimum atomic E-state index is -0.242. The van der Waals surface area contributed by atoms with Gasteiger partial charge in [0.2, 0.25) is 0 Å². The Hall–Kier alpha value is -3.07. The first kappa shape index (κ1) is 19.3. The zero-order valence-corrected chi connectivity index (χ0v) is 17.8. The Balaban J connectivity index is 1.66. The normalized spacial score (nSPS) is 11.2. The largest absolute Gasteiger partial charge is 0.495 e. The fourth-order valence-electron chi connectivity index (χ4n) is 3.08. The maximum absolute atomic E-state index is 12.7. The van der Waals surface area contributed by atoms with Crippen molar-refractivity contribution in [1.82, 2.24) is 15.5 Å². The van der Waals surface area contributed by atoms with Crippen molar-refractivity contribution in [1.29, 1.82) is 0 Å². The summed E-state index contributed by atoms with van der Waals surface area (Å²) in [5.41, 5.74) is 3.02. The van der Waals surface area contributed by atoms with Crippen molar-refractivity contribution in [3.63, 3.8) is 0 Å². The molecule has 0 saturated heterocycles. The summed E-state index contributed by atoms with van der Waals surface area (Å²) in [5, 5.41) is 11.0. The molecule has 6 nitrogen and oxygen atoms in total. The van der Waals surface area contributed by atoms with Gasteiger partial charge in [-0.1, -0.05) is 18.2 Å². The van der Waals surface area contributed by atoms with Crippen LogP contribution in [0.5, 0.6) is 5.75 Å².